The molecule has 0 atom stereocenters. The molecule has 0 bridgehead atoms. The highest BCUT2D eigenvalue weighted by atomic mass is 79.9. The molecule has 96 valence electrons. The average molecular weight is 318 g/mol. The molecule has 0 heterocycles. The van der Waals surface area contributed by atoms with Crippen LogP contribution in [-0.2, 0) is 10.1 Å². The summed E-state index contributed by atoms with van der Waals surface area (Å²) in [6.07, 6.45) is -2.71. The summed E-state index contributed by atoms with van der Waals surface area (Å²) in [7, 11) is 0. The zero-order valence-corrected chi connectivity index (χ0v) is 11.1. The number of carbonyl (C=O) groups is 1. The Kier molecular flexibility index (Phi) is 5.23. The fraction of sp³-hybridized carbons (Fsp3) is 0.333. The summed E-state index contributed by atoms with van der Waals surface area (Å²) in [4.78, 5) is 11.7. The van der Waals surface area contributed by atoms with Crippen LogP contribution in [0.15, 0.2) is 12.1 Å². The first kappa shape index (κ1) is 14.6. The molecular weight excluding hydrogens is 308 g/mol. The standard InChI is InChI=1S/C12H10BrF2NO2/c1-2-18-12(17)10-7(6-16)3-4-8(11(14)15)9(10)5-13/h3-4,11H,2,5H2,1H3. The number of hydrogen-bond acceptors (Lipinski definition) is 3. The lowest BCUT2D eigenvalue weighted by Crippen LogP contribution is -2.12. The number of alkyl halides is 3. The van der Waals surface area contributed by atoms with E-state index in [1.54, 1.807) is 6.92 Å². The van der Waals surface area contributed by atoms with Crippen LogP contribution in [0.25, 0.3) is 0 Å². The molecule has 6 heteroatoms. The van der Waals surface area contributed by atoms with Crippen molar-refractivity contribution >= 4 is 21.9 Å². The first-order valence-electron chi connectivity index (χ1n) is 5.13. The predicted molar refractivity (Wildman–Crippen MR) is 64.7 cm³/mol. The van der Waals surface area contributed by atoms with Gasteiger partial charge in [0.25, 0.3) is 6.43 Å². The van der Waals surface area contributed by atoms with Crippen LogP contribution >= 0.6 is 15.9 Å². The molecule has 0 aliphatic heterocycles. The zero-order chi connectivity index (χ0) is 13.7. The van der Waals surface area contributed by atoms with E-state index in [1.807, 2.05) is 6.07 Å². The minimum absolute atomic E-state index is 0.0345. The molecule has 0 saturated carbocycles. The molecule has 0 aliphatic rings. The summed E-state index contributed by atoms with van der Waals surface area (Å²) < 4.78 is 30.4. The van der Waals surface area contributed by atoms with E-state index in [4.69, 9.17) is 10.00 Å². The third-order valence-corrected chi connectivity index (χ3v) is 2.88. The largest absolute Gasteiger partial charge is 0.462 e. The highest BCUT2D eigenvalue weighted by Gasteiger charge is 2.23. The summed E-state index contributed by atoms with van der Waals surface area (Å²) >= 11 is 3.06. The Morgan fingerprint density at radius 1 is 1.56 bits per heavy atom. The zero-order valence-electron chi connectivity index (χ0n) is 9.54. The Balaban J connectivity index is 3.47. The van der Waals surface area contributed by atoms with Gasteiger partial charge in [0.1, 0.15) is 6.07 Å². The molecule has 0 N–H and O–H groups in total. The van der Waals surface area contributed by atoms with Gasteiger partial charge in [-0.25, -0.2) is 13.6 Å². The van der Waals surface area contributed by atoms with Gasteiger partial charge in [0.05, 0.1) is 17.7 Å². The third kappa shape index (κ3) is 2.85. The molecule has 1 aromatic rings. The SMILES string of the molecule is CCOC(=O)c1c(C#N)ccc(C(F)F)c1CBr. The summed E-state index contributed by atoms with van der Waals surface area (Å²) in [5, 5.41) is 8.98. The molecule has 0 saturated heterocycles. The first-order chi connectivity index (χ1) is 8.56. The molecule has 0 aromatic heterocycles. The van der Waals surface area contributed by atoms with Crippen molar-refractivity contribution in [2.24, 2.45) is 0 Å². The van der Waals surface area contributed by atoms with Gasteiger partial charge in [-0.3, -0.25) is 0 Å². The molecule has 0 fully saturated rings. The summed E-state index contributed by atoms with van der Waals surface area (Å²) in [6.45, 7) is 1.72. The highest BCUT2D eigenvalue weighted by molar-refractivity contribution is 9.08. The summed E-state index contributed by atoms with van der Waals surface area (Å²) in [5.74, 6) is -0.758. The maximum atomic E-state index is 12.8. The van der Waals surface area contributed by atoms with Crippen LogP contribution in [-0.4, -0.2) is 12.6 Å². The fourth-order valence-electron chi connectivity index (χ4n) is 1.54. The number of nitriles is 1. The van der Waals surface area contributed by atoms with Crippen LogP contribution in [0.3, 0.4) is 0 Å². The molecule has 18 heavy (non-hydrogen) atoms. The van der Waals surface area contributed by atoms with Crippen LogP contribution in [0.1, 0.15) is 40.4 Å². The first-order valence-corrected chi connectivity index (χ1v) is 6.26. The second-order valence-corrected chi connectivity index (χ2v) is 3.88. The van der Waals surface area contributed by atoms with Gasteiger partial charge in [-0.1, -0.05) is 22.0 Å². The lowest BCUT2D eigenvalue weighted by atomic mass is 9.97. The highest BCUT2D eigenvalue weighted by Crippen LogP contribution is 2.29. The Morgan fingerprint density at radius 2 is 2.22 bits per heavy atom. The number of nitrogens with zero attached hydrogens (tertiary/aromatic N) is 1. The number of benzene rings is 1. The van der Waals surface area contributed by atoms with E-state index in [2.05, 4.69) is 15.9 Å². The van der Waals surface area contributed by atoms with Gasteiger partial charge < -0.3 is 4.74 Å². The number of carbonyl (C=O) groups excluding carboxylic acids is 1. The molecule has 0 amide bonds. The molecule has 1 rings (SSSR count). The van der Waals surface area contributed by atoms with Crippen molar-refractivity contribution in [2.45, 2.75) is 18.7 Å². The maximum absolute atomic E-state index is 12.8. The van der Waals surface area contributed by atoms with Crippen LogP contribution < -0.4 is 0 Å². The van der Waals surface area contributed by atoms with Crippen LogP contribution in [0.4, 0.5) is 8.78 Å². The van der Waals surface area contributed by atoms with Gasteiger partial charge in [-0.2, -0.15) is 5.26 Å². The molecule has 0 spiro atoms. The van der Waals surface area contributed by atoms with Crippen molar-refractivity contribution in [2.75, 3.05) is 6.61 Å². The number of halogens is 3. The van der Waals surface area contributed by atoms with Gasteiger partial charge >= 0.3 is 5.97 Å². The van der Waals surface area contributed by atoms with Gasteiger partial charge in [0.15, 0.2) is 0 Å². The minimum atomic E-state index is -2.71. The topological polar surface area (TPSA) is 50.1 Å². The van der Waals surface area contributed by atoms with Gasteiger partial charge in [-0.15, -0.1) is 0 Å². The summed E-state index contributed by atoms with van der Waals surface area (Å²) in [5.41, 5.74) is -0.224. The van der Waals surface area contributed by atoms with Gasteiger partial charge in [0.2, 0.25) is 0 Å². The number of ether oxygens (including phenoxy) is 1. The van der Waals surface area contributed by atoms with Crippen LogP contribution in [0.2, 0.25) is 0 Å². The van der Waals surface area contributed by atoms with E-state index in [-0.39, 0.29) is 34.2 Å². The number of hydrogen-bond donors (Lipinski definition) is 0. The second kappa shape index (κ2) is 6.45. The normalized spacial score (nSPS) is 10.2. The van der Waals surface area contributed by atoms with Crippen molar-refractivity contribution in [3.63, 3.8) is 0 Å². The van der Waals surface area contributed by atoms with Gasteiger partial charge in [-0.05, 0) is 18.6 Å². The van der Waals surface area contributed by atoms with Crippen molar-refractivity contribution < 1.29 is 18.3 Å². The Hall–Kier alpha value is -1.48. The average Bonchev–Trinajstić information content (AvgIpc) is 2.36. The van der Waals surface area contributed by atoms with E-state index in [0.29, 0.717) is 0 Å². The van der Waals surface area contributed by atoms with E-state index in [9.17, 15) is 13.6 Å². The second-order valence-electron chi connectivity index (χ2n) is 3.32. The Bertz CT molecular complexity index is 498. The summed E-state index contributed by atoms with van der Waals surface area (Å²) in [6, 6.07) is 4.17. The molecule has 0 unspecified atom stereocenters. The van der Waals surface area contributed by atoms with E-state index in [0.717, 1.165) is 6.07 Å². The molecule has 0 radical (unpaired) electrons. The van der Waals surface area contributed by atoms with Crippen LogP contribution in [0, 0.1) is 11.3 Å². The quantitative estimate of drug-likeness (QED) is 0.630. The lowest BCUT2D eigenvalue weighted by Gasteiger charge is -2.13. The van der Waals surface area contributed by atoms with Gasteiger partial charge in [0, 0.05) is 10.9 Å². The van der Waals surface area contributed by atoms with Crippen molar-refractivity contribution in [1.82, 2.24) is 0 Å². The van der Waals surface area contributed by atoms with Crippen molar-refractivity contribution in [3.05, 3.63) is 34.4 Å². The molecule has 3 nitrogen and oxygen atoms in total. The Morgan fingerprint density at radius 3 is 2.67 bits per heavy atom. The fourth-order valence-corrected chi connectivity index (χ4v) is 2.15. The predicted octanol–water partition coefficient (Wildman–Crippen LogP) is 3.57. The van der Waals surface area contributed by atoms with E-state index >= 15 is 0 Å². The van der Waals surface area contributed by atoms with Crippen molar-refractivity contribution in [1.29, 1.82) is 5.26 Å². The Labute approximate surface area is 111 Å². The van der Waals surface area contributed by atoms with Crippen molar-refractivity contribution in [3.8, 4) is 6.07 Å². The molecule has 0 aliphatic carbocycles. The smallest absolute Gasteiger partial charge is 0.339 e. The number of rotatable bonds is 4. The van der Waals surface area contributed by atoms with Crippen LogP contribution in [0.5, 0.6) is 0 Å². The maximum Gasteiger partial charge on any atom is 0.339 e. The molecular formula is C12H10BrF2NO2. The third-order valence-electron chi connectivity index (χ3n) is 2.32. The monoisotopic (exact) mass is 317 g/mol. The minimum Gasteiger partial charge on any atom is -0.462 e. The molecule has 1 aromatic carbocycles. The lowest BCUT2D eigenvalue weighted by molar-refractivity contribution is 0.0524. The van der Waals surface area contributed by atoms with E-state index < -0.39 is 12.4 Å². The van der Waals surface area contributed by atoms with E-state index in [1.165, 1.54) is 6.07 Å². The number of esters is 1.